The third-order valence-electron chi connectivity index (χ3n) is 2.72. The van der Waals surface area contributed by atoms with Crippen LogP contribution in [-0.4, -0.2) is 17.9 Å². The number of rotatable bonds is 5. The van der Waals surface area contributed by atoms with Gasteiger partial charge in [-0.05, 0) is 18.6 Å². The number of benzene rings is 1. The maximum absolute atomic E-state index is 11.7. The molecule has 0 aliphatic carbocycles. The molecule has 0 aliphatic rings. The Labute approximate surface area is 105 Å². The van der Waals surface area contributed by atoms with Crippen molar-refractivity contribution in [2.45, 2.75) is 20.3 Å². The second kappa shape index (κ2) is 6.00. The third kappa shape index (κ3) is 3.19. The zero-order valence-electron chi connectivity index (χ0n) is 10.6. The van der Waals surface area contributed by atoms with Gasteiger partial charge in [-0.15, -0.1) is 0 Å². The highest BCUT2D eigenvalue weighted by Gasteiger charge is 2.19. The fraction of sp³-hybridized carbons (Fsp3) is 0.417. The Balaban J connectivity index is 3.01. The molecule has 6 nitrogen and oxygen atoms in total. The van der Waals surface area contributed by atoms with Crippen molar-refractivity contribution in [1.82, 2.24) is 0 Å². The summed E-state index contributed by atoms with van der Waals surface area (Å²) in [7, 11) is 1.43. The van der Waals surface area contributed by atoms with Gasteiger partial charge < -0.3 is 10.1 Å². The van der Waals surface area contributed by atoms with Crippen LogP contribution in [0.5, 0.6) is 5.75 Å². The van der Waals surface area contributed by atoms with Gasteiger partial charge in [0.2, 0.25) is 5.91 Å². The van der Waals surface area contributed by atoms with Crippen LogP contribution in [0.15, 0.2) is 18.2 Å². The van der Waals surface area contributed by atoms with Gasteiger partial charge in [0.15, 0.2) is 0 Å². The number of nitrogens with zero attached hydrogens (tertiary/aromatic N) is 1. The molecule has 0 spiro atoms. The smallest absolute Gasteiger partial charge is 0.296 e. The van der Waals surface area contributed by atoms with Crippen molar-refractivity contribution in [2.75, 3.05) is 12.4 Å². The molecule has 18 heavy (non-hydrogen) atoms. The summed E-state index contributed by atoms with van der Waals surface area (Å²) in [6.07, 6.45) is 0.676. The van der Waals surface area contributed by atoms with Crippen LogP contribution >= 0.6 is 0 Å². The fourth-order valence-electron chi connectivity index (χ4n) is 1.34. The van der Waals surface area contributed by atoms with E-state index in [1.54, 1.807) is 13.0 Å². The van der Waals surface area contributed by atoms with Gasteiger partial charge in [-0.25, -0.2) is 0 Å². The van der Waals surface area contributed by atoms with Gasteiger partial charge in [0.05, 0.1) is 18.1 Å². The van der Waals surface area contributed by atoms with Crippen molar-refractivity contribution in [3.05, 3.63) is 28.3 Å². The van der Waals surface area contributed by atoms with Gasteiger partial charge in [-0.3, -0.25) is 14.9 Å². The highest BCUT2D eigenvalue weighted by atomic mass is 16.6. The van der Waals surface area contributed by atoms with Crippen molar-refractivity contribution < 1.29 is 14.5 Å². The predicted molar refractivity (Wildman–Crippen MR) is 67.7 cm³/mol. The molecule has 98 valence electrons. The number of nitro groups is 1. The normalized spacial score (nSPS) is 11.7. The number of carbonyl (C=O) groups excluding carboxylic acids is 1. The monoisotopic (exact) mass is 252 g/mol. The summed E-state index contributed by atoms with van der Waals surface area (Å²) in [4.78, 5) is 22.1. The summed E-state index contributed by atoms with van der Waals surface area (Å²) in [5.74, 6) is -0.0410. The number of ether oxygens (including phenoxy) is 1. The molecule has 0 aromatic heterocycles. The van der Waals surface area contributed by atoms with E-state index < -0.39 is 4.92 Å². The molecule has 1 rings (SSSR count). The maximum atomic E-state index is 11.7. The van der Waals surface area contributed by atoms with E-state index >= 15 is 0 Å². The van der Waals surface area contributed by atoms with Crippen LogP contribution in [0.25, 0.3) is 0 Å². The molecule has 0 heterocycles. The highest BCUT2D eigenvalue weighted by Crippen LogP contribution is 2.29. The molecule has 1 atom stereocenters. The lowest BCUT2D eigenvalue weighted by molar-refractivity contribution is -0.384. The minimum Gasteiger partial charge on any atom is -0.496 e. The van der Waals surface area contributed by atoms with E-state index in [1.165, 1.54) is 19.2 Å². The number of amides is 1. The molecule has 0 radical (unpaired) electrons. The third-order valence-corrected chi connectivity index (χ3v) is 2.72. The summed E-state index contributed by atoms with van der Waals surface area (Å²) >= 11 is 0. The van der Waals surface area contributed by atoms with Gasteiger partial charge in [0, 0.05) is 5.92 Å². The molecule has 6 heteroatoms. The zero-order chi connectivity index (χ0) is 13.7. The second-order valence-electron chi connectivity index (χ2n) is 3.94. The zero-order valence-corrected chi connectivity index (χ0v) is 10.6. The first-order valence-corrected chi connectivity index (χ1v) is 5.62. The number of nitro benzene ring substituents is 1. The molecule has 0 saturated carbocycles. The second-order valence-corrected chi connectivity index (χ2v) is 3.94. The largest absolute Gasteiger partial charge is 0.496 e. The summed E-state index contributed by atoms with van der Waals surface area (Å²) in [5.41, 5.74) is 0.0112. The lowest BCUT2D eigenvalue weighted by atomic mass is 10.1. The van der Waals surface area contributed by atoms with Crippen molar-refractivity contribution in [3.63, 3.8) is 0 Å². The van der Waals surface area contributed by atoms with Crippen LogP contribution in [-0.2, 0) is 4.79 Å². The molecule has 1 aromatic carbocycles. The molecule has 1 aromatic rings. The molecule has 0 bridgehead atoms. The maximum Gasteiger partial charge on any atom is 0.296 e. The number of nitrogens with one attached hydrogen (secondary N) is 1. The molecule has 0 aliphatic heterocycles. The summed E-state index contributed by atoms with van der Waals surface area (Å²) < 4.78 is 4.92. The van der Waals surface area contributed by atoms with Gasteiger partial charge in [-0.2, -0.15) is 0 Å². The number of anilines is 1. The lowest BCUT2D eigenvalue weighted by Gasteiger charge is -2.10. The van der Waals surface area contributed by atoms with E-state index in [9.17, 15) is 14.9 Å². The quantitative estimate of drug-likeness (QED) is 0.645. The first-order valence-electron chi connectivity index (χ1n) is 5.62. The Kier molecular flexibility index (Phi) is 4.65. The lowest BCUT2D eigenvalue weighted by Crippen LogP contribution is -2.20. The van der Waals surface area contributed by atoms with Crippen molar-refractivity contribution >= 4 is 17.3 Å². The first-order chi connectivity index (χ1) is 8.49. The molecule has 0 fully saturated rings. The van der Waals surface area contributed by atoms with E-state index in [0.29, 0.717) is 12.2 Å². The van der Waals surface area contributed by atoms with Crippen LogP contribution in [0.1, 0.15) is 20.3 Å². The SMILES string of the molecule is CC[C@@H](C)C(=O)Nc1ccc(OC)cc1[N+](=O)[O-]. The summed E-state index contributed by atoms with van der Waals surface area (Å²) in [6.45, 7) is 3.65. The van der Waals surface area contributed by atoms with Crippen LogP contribution in [0.3, 0.4) is 0 Å². The van der Waals surface area contributed by atoms with Crippen molar-refractivity contribution in [1.29, 1.82) is 0 Å². The minimum absolute atomic E-state index is 0.175. The van der Waals surface area contributed by atoms with Gasteiger partial charge in [0.1, 0.15) is 11.4 Å². The molecule has 0 saturated heterocycles. The number of hydrogen-bond donors (Lipinski definition) is 1. The van der Waals surface area contributed by atoms with Crippen LogP contribution in [0.4, 0.5) is 11.4 Å². The number of methoxy groups -OCH3 is 1. The Morgan fingerprint density at radius 3 is 2.72 bits per heavy atom. The molecular weight excluding hydrogens is 236 g/mol. The molecule has 0 unspecified atom stereocenters. The Morgan fingerprint density at radius 1 is 1.56 bits per heavy atom. The van der Waals surface area contributed by atoms with Crippen LogP contribution in [0.2, 0.25) is 0 Å². The van der Waals surface area contributed by atoms with E-state index in [4.69, 9.17) is 4.74 Å². The fourth-order valence-corrected chi connectivity index (χ4v) is 1.34. The summed E-state index contributed by atoms with van der Waals surface area (Å²) in [6, 6.07) is 4.32. The standard InChI is InChI=1S/C12H16N2O4/c1-4-8(2)12(15)13-10-6-5-9(18-3)7-11(10)14(16)17/h5-8H,4H2,1-3H3,(H,13,15)/t8-/m1/s1. The first kappa shape index (κ1) is 14.0. The van der Waals surface area contributed by atoms with E-state index in [-0.39, 0.29) is 23.2 Å². The van der Waals surface area contributed by atoms with E-state index in [2.05, 4.69) is 5.32 Å². The topological polar surface area (TPSA) is 81.5 Å². The van der Waals surface area contributed by atoms with Gasteiger partial charge >= 0.3 is 0 Å². The van der Waals surface area contributed by atoms with Gasteiger partial charge in [0.25, 0.3) is 5.69 Å². The Bertz CT molecular complexity index is 459. The average Bonchev–Trinajstić information content (AvgIpc) is 2.37. The molecular formula is C12H16N2O4. The van der Waals surface area contributed by atoms with Gasteiger partial charge in [-0.1, -0.05) is 13.8 Å². The Hall–Kier alpha value is -2.11. The van der Waals surface area contributed by atoms with Crippen molar-refractivity contribution in [3.8, 4) is 5.75 Å². The number of carbonyl (C=O) groups is 1. The molecule has 1 N–H and O–H groups in total. The average molecular weight is 252 g/mol. The molecule has 1 amide bonds. The summed E-state index contributed by atoms with van der Waals surface area (Å²) in [5, 5.41) is 13.5. The predicted octanol–water partition coefficient (Wildman–Crippen LogP) is 2.59. The number of hydrogen-bond acceptors (Lipinski definition) is 4. The van der Waals surface area contributed by atoms with Crippen LogP contribution in [0, 0.1) is 16.0 Å². The van der Waals surface area contributed by atoms with Crippen molar-refractivity contribution in [2.24, 2.45) is 5.92 Å². The minimum atomic E-state index is -0.547. The van der Waals surface area contributed by atoms with E-state index in [0.717, 1.165) is 0 Å². The Morgan fingerprint density at radius 2 is 2.22 bits per heavy atom. The van der Waals surface area contributed by atoms with Crippen LogP contribution < -0.4 is 10.1 Å². The van der Waals surface area contributed by atoms with E-state index in [1.807, 2.05) is 6.92 Å². The highest BCUT2D eigenvalue weighted by molar-refractivity contribution is 5.94.